The molecule has 5 heteroatoms. The summed E-state index contributed by atoms with van der Waals surface area (Å²) in [4.78, 5) is 0. The Balaban J connectivity index is 2.38. The van der Waals surface area contributed by atoms with E-state index in [1.165, 1.54) is 0 Å². The van der Waals surface area contributed by atoms with E-state index in [0.29, 0.717) is 26.4 Å². The number of benzene rings is 1. The Morgan fingerprint density at radius 3 is 2.68 bits per heavy atom. The number of ether oxygens (including phenoxy) is 3. The number of methoxy groups -OCH3 is 1. The molecule has 0 unspecified atom stereocenters. The molecule has 0 heterocycles. The van der Waals surface area contributed by atoms with Gasteiger partial charge in [-0.1, -0.05) is 22.9 Å². The van der Waals surface area contributed by atoms with Crippen LogP contribution in [0.1, 0.15) is 12.5 Å². The van der Waals surface area contributed by atoms with Crippen molar-refractivity contribution in [2.45, 2.75) is 13.5 Å². The second kappa shape index (κ2) is 10.2. The molecule has 1 aromatic rings. The molecule has 0 aliphatic carbocycles. The first-order chi connectivity index (χ1) is 9.27. The molecule has 0 amide bonds. The molecule has 0 aromatic heterocycles. The third-order valence-corrected chi connectivity index (χ3v) is 3.00. The van der Waals surface area contributed by atoms with Crippen molar-refractivity contribution >= 4 is 15.9 Å². The molecular weight excluding hydrogens is 310 g/mol. The molecule has 0 saturated heterocycles. The van der Waals surface area contributed by atoms with E-state index in [1.807, 2.05) is 12.1 Å². The molecule has 1 aromatic carbocycles. The van der Waals surface area contributed by atoms with E-state index in [9.17, 15) is 0 Å². The lowest BCUT2D eigenvalue weighted by Gasteiger charge is -2.12. The van der Waals surface area contributed by atoms with Gasteiger partial charge in [0.15, 0.2) is 0 Å². The van der Waals surface area contributed by atoms with Gasteiger partial charge in [-0.05, 0) is 24.7 Å². The van der Waals surface area contributed by atoms with Crippen LogP contribution in [0.15, 0.2) is 22.7 Å². The molecule has 0 atom stereocenters. The van der Waals surface area contributed by atoms with Crippen LogP contribution in [-0.2, 0) is 16.0 Å². The van der Waals surface area contributed by atoms with E-state index in [1.54, 1.807) is 7.11 Å². The fraction of sp³-hybridized carbons (Fsp3) is 0.571. The van der Waals surface area contributed by atoms with Crippen molar-refractivity contribution in [3.8, 4) is 5.75 Å². The number of halogens is 1. The summed E-state index contributed by atoms with van der Waals surface area (Å²) in [6, 6.07) is 6.03. The number of rotatable bonds is 10. The van der Waals surface area contributed by atoms with Gasteiger partial charge in [-0.25, -0.2) is 0 Å². The van der Waals surface area contributed by atoms with Gasteiger partial charge >= 0.3 is 0 Å². The number of hydrogen-bond acceptors (Lipinski definition) is 4. The van der Waals surface area contributed by atoms with E-state index in [4.69, 9.17) is 14.2 Å². The van der Waals surface area contributed by atoms with Crippen LogP contribution in [0.4, 0.5) is 0 Å². The third kappa shape index (κ3) is 6.92. The van der Waals surface area contributed by atoms with Gasteiger partial charge in [-0.15, -0.1) is 0 Å². The fourth-order valence-corrected chi connectivity index (χ4v) is 1.95. The largest absolute Gasteiger partial charge is 0.491 e. The fourth-order valence-electron chi connectivity index (χ4n) is 1.54. The summed E-state index contributed by atoms with van der Waals surface area (Å²) in [7, 11) is 1.66. The molecule has 0 spiro atoms. The van der Waals surface area contributed by atoms with Crippen molar-refractivity contribution in [3.05, 3.63) is 28.2 Å². The molecule has 0 saturated carbocycles. The van der Waals surface area contributed by atoms with Crippen molar-refractivity contribution in [2.75, 3.05) is 40.1 Å². The average molecular weight is 332 g/mol. The lowest BCUT2D eigenvalue weighted by atomic mass is 10.2. The summed E-state index contributed by atoms with van der Waals surface area (Å²) in [5, 5.41) is 3.30. The minimum Gasteiger partial charge on any atom is -0.491 e. The smallest absolute Gasteiger partial charge is 0.123 e. The van der Waals surface area contributed by atoms with Crippen LogP contribution >= 0.6 is 15.9 Å². The highest BCUT2D eigenvalue weighted by molar-refractivity contribution is 9.10. The summed E-state index contributed by atoms with van der Waals surface area (Å²) in [6.07, 6.45) is 0. The summed E-state index contributed by atoms with van der Waals surface area (Å²) < 4.78 is 17.1. The van der Waals surface area contributed by atoms with E-state index in [0.717, 1.165) is 28.9 Å². The first kappa shape index (κ1) is 16.4. The van der Waals surface area contributed by atoms with E-state index >= 15 is 0 Å². The number of hydrogen-bond donors (Lipinski definition) is 1. The van der Waals surface area contributed by atoms with Crippen molar-refractivity contribution in [3.63, 3.8) is 0 Å². The first-order valence-corrected chi connectivity index (χ1v) is 7.25. The Kier molecular flexibility index (Phi) is 8.82. The molecule has 0 radical (unpaired) electrons. The first-order valence-electron chi connectivity index (χ1n) is 6.46. The maximum atomic E-state index is 5.74. The zero-order chi connectivity index (χ0) is 13.9. The third-order valence-electron chi connectivity index (χ3n) is 2.51. The molecule has 1 rings (SSSR count). The summed E-state index contributed by atoms with van der Waals surface area (Å²) in [6.45, 7) is 6.16. The predicted octanol–water partition coefficient (Wildman–Crippen LogP) is 2.60. The van der Waals surface area contributed by atoms with Gasteiger partial charge in [-0.3, -0.25) is 0 Å². The van der Waals surface area contributed by atoms with Gasteiger partial charge in [0, 0.05) is 23.7 Å². The molecule has 0 aliphatic rings. The van der Waals surface area contributed by atoms with Gasteiger partial charge in [0.1, 0.15) is 12.4 Å². The van der Waals surface area contributed by atoms with Gasteiger partial charge in [0.05, 0.1) is 19.8 Å². The molecule has 1 N–H and O–H groups in total. The highest BCUT2D eigenvalue weighted by Gasteiger charge is 2.04. The molecule has 19 heavy (non-hydrogen) atoms. The Bertz CT molecular complexity index is 361. The van der Waals surface area contributed by atoms with Gasteiger partial charge in [0.2, 0.25) is 0 Å². The molecule has 0 fully saturated rings. The van der Waals surface area contributed by atoms with Gasteiger partial charge in [0.25, 0.3) is 0 Å². The molecule has 4 nitrogen and oxygen atoms in total. The van der Waals surface area contributed by atoms with Crippen LogP contribution in [0.3, 0.4) is 0 Å². The normalized spacial score (nSPS) is 10.7. The Morgan fingerprint density at radius 2 is 1.95 bits per heavy atom. The Morgan fingerprint density at radius 1 is 1.16 bits per heavy atom. The van der Waals surface area contributed by atoms with Crippen LogP contribution in [0, 0.1) is 0 Å². The summed E-state index contributed by atoms with van der Waals surface area (Å²) >= 11 is 3.48. The average Bonchev–Trinajstić information content (AvgIpc) is 2.42. The van der Waals surface area contributed by atoms with Crippen molar-refractivity contribution in [1.82, 2.24) is 5.32 Å². The topological polar surface area (TPSA) is 39.7 Å². The van der Waals surface area contributed by atoms with E-state index in [-0.39, 0.29) is 0 Å². The highest BCUT2D eigenvalue weighted by Crippen LogP contribution is 2.23. The lowest BCUT2D eigenvalue weighted by molar-refractivity contribution is 0.0542. The summed E-state index contributed by atoms with van der Waals surface area (Å²) in [5.74, 6) is 0.902. The van der Waals surface area contributed by atoms with E-state index < -0.39 is 0 Å². The predicted molar refractivity (Wildman–Crippen MR) is 79.7 cm³/mol. The minimum absolute atomic E-state index is 0.546. The van der Waals surface area contributed by atoms with Gasteiger partial charge < -0.3 is 19.5 Å². The molecule has 0 bridgehead atoms. The van der Waals surface area contributed by atoms with Crippen molar-refractivity contribution in [2.24, 2.45) is 0 Å². The maximum Gasteiger partial charge on any atom is 0.123 e. The zero-order valence-electron chi connectivity index (χ0n) is 11.6. The lowest BCUT2D eigenvalue weighted by Crippen LogP contribution is -2.14. The SMILES string of the molecule is CCNCc1cc(Br)ccc1OCCOCCOC. The molecular formula is C14H22BrNO3. The minimum atomic E-state index is 0.546. The highest BCUT2D eigenvalue weighted by atomic mass is 79.9. The maximum absolute atomic E-state index is 5.74. The van der Waals surface area contributed by atoms with Gasteiger partial charge in [-0.2, -0.15) is 0 Å². The van der Waals surface area contributed by atoms with Crippen LogP contribution < -0.4 is 10.1 Å². The second-order valence-corrected chi connectivity index (χ2v) is 4.90. The monoisotopic (exact) mass is 331 g/mol. The standard InChI is InChI=1S/C14H22BrNO3/c1-3-16-11-12-10-13(15)4-5-14(12)19-9-8-18-7-6-17-2/h4-5,10,16H,3,6-9,11H2,1-2H3. The van der Waals surface area contributed by atoms with Crippen LogP contribution in [0.5, 0.6) is 5.75 Å². The van der Waals surface area contributed by atoms with Crippen LogP contribution in [-0.4, -0.2) is 40.1 Å². The molecule has 108 valence electrons. The Labute approximate surface area is 123 Å². The van der Waals surface area contributed by atoms with Crippen molar-refractivity contribution in [1.29, 1.82) is 0 Å². The molecule has 0 aliphatic heterocycles. The second-order valence-electron chi connectivity index (χ2n) is 3.99. The quantitative estimate of drug-likeness (QED) is 0.669. The van der Waals surface area contributed by atoms with Crippen LogP contribution in [0.2, 0.25) is 0 Å². The van der Waals surface area contributed by atoms with Crippen LogP contribution in [0.25, 0.3) is 0 Å². The number of nitrogens with one attached hydrogen (secondary N) is 1. The van der Waals surface area contributed by atoms with Crippen molar-refractivity contribution < 1.29 is 14.2 Å². The summed E-state index contributed by atoms with van der Waals surface area (Å²) in [5.41, 5.74) is 1.15. The zero-order valence-corrected chi connectivity index (χ0v) is 13.2. The Hall–Kier alpha value is -0.620. The van der Waals surface area contributed by atoms with E-state index in [2.05, 4.69) is 34.2 Å².